The molecular formula is C10H18N2O5. The molecule has 0 saturated heterocycles. The molecule has 0 aliphatic carbocycles. The second-order valence-corrected chi connectivity index (χ2v) is 3.63. The summed E-state index contributed by atoms with van der Waals surface area (Å²) < 4.78 is 4.43. The van der Waals surface area contributed by atoms with E-state index in [-0.39, 0.29) is 19.0 Å². The Bertz CT molecular complexity index is 292. The van der Waals surface area contributed by atoms with E-state index in [0.29, 0.717) is 13.0 Å². The van der Waals surface area contributed by atoms with Gasteiger partial charge in [-0.05, 0) is 6.42 Å². The quantitative estimate of drug-likeness (QED) is 0.667. The van der Waals surface area contributed by atoms with Crippen LogP contribution in [0.25, 0.3) is 0 Å². The van der Waals surface area contributed by atoms with Crippen LogP contribution in [0.15, 0.2) is 0 Å². The van der Waals surface area contributed by atoms with Crippen molar-refractivity contribution in [2.24, 2.45) is 0 Å². The summed E-state index contributed by atoms with van der Waals surface area (Å²) in [5.41, 5.74) is 0. The van der Waals surface area contributed by atoms with E-state index in [1.54, 1.807) is 7.05 Å². The number of carboxylic acid groups (broad SMARTS) is 1. The molecule has 1 N–H and O–H groups in total. The molecular weight excluding hydrogens is 228 g/mol. The van der Waals surface area contributed by atoms with Crippen molar-refractivity contribution in [3.63, 3.8) is 0 Å². The van der Waals surface area contributed by atoms with Gasteiger partial charge < -0.3 is 19.6 Å². The highest BCUT2D eigenvalue weighted by Crippen LogP contribution is 1.98. The van der Waals surface area contributed by atoms with Gasteiger partial charge in [-0.15, -0.1) is 0 Å². The van der Waals surface area contributed by atoms with Crippen LogP contribution in [0, 0.1) is 0 Å². The molecule has 0 rings (SSSR count). The van der Waals surface area contributed by atoms with Crippen LogP contribution in [0.1, 0.15) is 12.8 Å². The topological polar surface area (TPSA) is 87.2 Å². The lowest BCUT2D eigenvalue weighted by Gasteiger charge is -2.23. The maximum Gasteiger partial charge on any atom is 0.325 e. The van der Waals surface area contributed by atoms with Gasteiger partial charge in [0, 0.05) is 27.1 Å². The largest absolute Gasteiger partial charge is 0.481 e. The Balaban J connectivity index is 4.02. The minimum absolute atomic E-state index is 0.0122. The van der Waals surface area contributed by atoms with Crippen molar-refractivity contribution in [2.45, 2.75) is 12.8 Å². The van der Waals surface area contributed by atoms with E-state index in [4.69, 9.17) is 5.11 Å². The highest BCUT2D eigenvalue weighted by molar-refractivity contribution is 5.80. The lowest BCUT2D eigenvalue weighted by molar-refractivity contribution is -0.141. The number of urea groups is 1. The van der Waals surface area contributed by atoms with Gasteiger partial charge in [-0.3, -0.25) is 9.59 Å². The molecule has 0 aromatic rings. The smallest absolute Gasteiger partial charge is 0.325 e. The molecule has 0 radical (unpaired) electrons. The SMILES string of the molecule is COC(=O)CN(C)C(=O)N(C)CCCC(=O)O. The van der Waals surface area contributed by atoms with Crippen molar-refractivity contribution in [1.82, 2.24) is 9.80 Å². The molecule has 0 spiro atoms. The van der Waals surface area contributed by atoms with Crippen molar-refractivity contribution < 1.29 is 24.2 Å². The number of carbonyl (C=O) groups is 3. The highest BCUT2D eigenvalue weighted by Gasteiger charge is 2.16. The average Bonchev–Trinajstić information content (AvgIpc) is 2.26. The molecule has 0 aromatic carbocycles. The van der Waals surface area contributed by atoms with Crippen LogP contribution in [0.5, 0.6) is 0 Å². The van der Waals surface area contributed by atoms with Crippen molar-refractivity contribution in [3.8, 4) is 0 Å². The van der Waals surface area contributed by atoms with Gasteiger partial charge in [-0.2, -0.15) is 0 Å². The van der Waals surface area contributed by atoms with E-state index < -0.39 is 11.9 Å². The number of amides is 2. The predicted molar refractivity (Wildman–Crippen MR) is 59.5 cm³/mol. The maximum atomic E-state index is 11.7. The summed E-state index contributed by atoms with van der Waals surface area (Å²) in [6.45, 7) is 0.204. The van der Waals surface area contributed by atoms with Crippen LogP contribution in [0.3, 0.4) is 0 Å². The summed E-state index contributed by atoms with van der Waals surface area (Å²) in [5, 5.41) is 8.45. The van der Waals surface area contributed by atoms with Crippen LogP contribution in [-0.2, 0) is 14.3 Å². The van der Waals surface area contributed by atoms with E-state index in [2.05, 4.69) is 4.74 Å². The molecule has 0 bridgehead atoms. The van der Waals surface area contributed by atoms with Crippen molar-refractivity contribution in [1.29, 1.82) is 0 Å². The number of carboxylic acids is 1. The number of carbonyl (C=O) groups excluding carboxylic acids is 2. The summed E-state index contributed by atoms with van der Waals surface area (Å²) >= 11 is 0. The van der Waals surface area contributed by atoms with E-state index in [0.717, 1.165) is 0 Å². The first-order valence-corrected chi connectivity index (χ1v) is 5.13. The van der Waals surface area contributed by atoms with Crippen molar-refractivity contribution in [3.05, 3.63) is 0 Å². The van der Waals surface area contributed by atoms with Gasteiger partial charge in [0.05, 0.1) is 7.11 Å². The summed E-state index contributed by atoms with van der Waals surface area (Å²) in [4.78, 5) is 35.5. The molecule has 0 atom stereocenters. The predicted octanol–water partition coefficient (Wildman–Crippen LogP) is 0.00780. The molecule has 0 fully saturated rings. The van der Waals surface area contributed by atoms with Crippen LogP contribution in [-0.4, -0.2) is 67.2 Å². The first-order chi connectivity index (χ1) is 7.88. The molecule has 7 nitrogen and oxygen atoms in total. The molecule has 7 heteroatoms. The fourth-order valence-corrected chi connectivity index (χ4v) is 1.18. The Morgan fingerprint density at radius 3 is 2.24 bits per heavy atom. The van der Waals surface area contributed by atoms with Gasteiger partial charge in [-0.1, -0.05) is 0 Å². The zero-order valence-electron chi connectivity index (χ0n) is 10.3. The molecule has 17 heavy (non-hydrogen) atoms. The van der Waals surface area contributed by atoms with E-state index in [1.165, 1.54) is 24.0 Å². The number of ether oxygens (including phenoxy) is 1. The first kappa shape index (κ1) is 15.2. The monoisotopic (exact) mass is 246 g/mol. The number of esters is 1. The molecule has 98 valence electrons. The van der Waals surface area contributed by atoms with Crippen molar-refractivity contribution >= 4 is 18.0 Å². The van der Waals surface area contributed by atoms with Crippen LogP contribution in [0.2, 0.25) is 0 Å². The van der Waals surface area contributed by atoms with E-state index >= 15 is 0 Å². The minimum Gasteiger partial charge on any atom is -0.481 e. The number of rotatable bonds is 6. The Kier molecular flexibility index (Phi) is 6.69. The molecule has 0 aliphatic rings. The van der Waals surface area contributed by atoms with Crippen LogP contribution < -0.4 is 0 Å². The highest BCUT2D eigenvalue weighted by atomic mass is 16.5. The molecule has 0 aromatic heterocycles. The maximum absolute atomic E-state index is 11.7. The van der Waals surface area contributed by atoms with Gasteiger partial charge in [0.15, 0.2) is 0 Å². The van der Waals surface area contributed by atoms with Gasteiger partial charge in [-0.25, -0.2) is 4.79 Å². The van der Waals surface area contributed by atoms with Crippen molar-refractivity contribution in [2.75, 3.05) is 34.3 Å². The van der Waals surface area contributed by atoms with Crippen LogP contribution in [0.4, 0.5) is 4.79 Å². The molecule has 0 heterocycles. The lowest BCUT2D eigenvalue weighted by Crippen LogP contribution is -2.41. The number of aliphatic carboxylic acids is 1. The Hall–Kier alpha value is -1.79. The molecule has 0 unspecified atom stereocenters. The zero-order valence-corrected chi connectivity index (χ0v) is 10.3. The summed E-state index contributed by atoms with van der Waals surface area (Å²) in [5.74, 6) is -1.39. The third kappa shape index (κ3) is 6.39. The first-order valence-electron chi connectivity index (χ1n) is 5.13. The summed E-state index contributed by atoms with van der Waals surface area (Å²) in [6.07, 6.45) is 0.391. The standard InChI is InChI=1S/C10H18N2O5/c1-11(6-4-5-8(13)14)10(16)12(2)7-9(15)17-3/h4-7H2,1-3H3,(H,13,14). The Labute approximate surface area is 99.9 Å². The average molecular weight is 246 g/mol. The lowest BCUT2D eigenvalue weighted by atomic mass is 10.3. The van der Waals surface area contributed by atoms with E-state index in [9.17, 15) is 14.4 Å². The number of likely N-dealkylation sites (N-methyl/N-ethyl adjacent to an activating group) is 1. The van der Waals surface area contributed by atoms with Crippen LogP contribution >= 0.6 is 0 Å². The van der Waals surface area contributed by atoms with Gasteiger partial charge >= 0.3 is 18.0 Å². The van der Waals surface area contributed by atoms with E-state index in [1.807, 2.05) is 0 Å². The zero-order chi connectivity index (χ0) is 13.4. The number of methoxy groups -OCH3 is 1. The third-order valence-corrected chi connectivity index (χ3v) is 2.13. The molecule has 2 amide bonds. The fourth-order valence-electron chi connectivity index (χ4n) is 1.18. The molecule has 0 aliphatic heterocycles. The Morgan fingerprint density at radius 1 is 1.18 bits per heavy atom. The summed E-state index contributed by atoms with van der Waals surface area (Å²) in [7, 11) is 4.28. The second-order valence-electron chi connectivity index (χ2n) is 3.63. The molecule has 0 saturated carbocycles. The number of nitrogens with zero attached hydrogens (tertiary/aromatic N) is 2. The van der Waals surface area contributed by atoms with Gasteiger partial charge in [0.1, 0.15) is 6.54 Å². The Morgan fingerprint density at radius 2 is 1.76 bits per heavy atom. The third-order valence-electron chi connectivity index (χ3n) is 2.13. The second kappa shape index (κ2) is 7.48. The van der Waals surface area contributed by atoms with Gasteiger partial charge in [0.2, 0.25) is 0 Å². The number of hydrogen-bond donors (Lipinski definition) is 1. The van der Waals surface area contributed by atoms with Gasteiger partial charge in [0.25, 0.3) is 0 Å². The fraction of sp³-hybridized carbons (Fsp3) is 0.700. The normalized spacial score (nSPS) is 9.59. The minimum atomic E-state index is -0.895. The summed E-state index contributed by atoms with van der Waals surface area (Å²) in [6, 6.07) is -0.346. The number of hydrogen-bond acceptors (Lipinski definition) is 4.